The number of nitrogens with zero attached hydrogens (tertiary/aromatic N) is 1. The number of benzene rings is 2. The van der Waals surface area contributed by atoms with Gasteiger partial charge in [-0.1, -0.05) is 56.6 Å². The van der Waals surface area contributed by atoms with Gasteiger partial charge >= 0.3 is 0 Å². The van der Waals surface area contributed by atoms with Gasteiger partial charge in [0.25, 0.3) is 5.91 Å². The molecule has 0 aliphatic rings. The molecule has 1 heterocycles. The molecule has 0 saturated carbocycles. The van der Waals surface area contributed by atoms with E-state index in [9.17, 15) is 4.79 Å². The molecule has 128 valence electrons. The third-order valence-corrected chi connectivity index (χ3v) is 4.24. The average molecular weight is 354 g/mol. The lowest BCUT2D eigenvalue weighted by Crippen LogP contribution is -2.11. The van der Waals surface area contributed by atoms with Crippen molar-refractivity contribution >= 4 is 23.3 Å². The van der Waals surface area contributed by atoms with Crippen LogP contribution in [0.2, 0.25) is 5.02 Å². The first-order valence-electron chi connectivity index (χ1n) is 8.06. The van der Waals surface area contributed by atoms with E-state index in [-0.39, 0.29) is 11.3 Å². The maximum Gasteiger partial charge on any atom is 0.256 e. The summed E-state index contributed by atoms with van der Waals surface area (Å²) in [4.78, 5) is 12.2. The molecule has 1 amide bonds. The number of anilines is 1. The third kappa shape index (κ3) is 4.09. The second kappa shape index (κ2) is 6.73. The van der Waals surface area contributed by atoms with E-state index in [1.807, 2.05) is 6.07 Å². The summed E-state index contributed by atoms with van der Waals surface area (Å²) in [6.07, 6.45) is 0. The van der Waals surface area contributed by atoms with Crippen LogP contribution < -0.4 is 5.32 Å². The van der Waals surface area contributed by atoms with Gasteiger partial charge in [0.1, 0.15) is 0 Å². The Labute approximate surface area is 152 Å². The van der Waals surface area contributed by atoms with Crippen LogP contribution in [0.4, 0.5) is 5.82 Å². The maximum atomic E-state index is 12.2. The van der Waals surface area contributed by atoms with Crippen LogP contribution in [0.3, 0.4) is 0 Å². The Hall–Kier alpha value is -2.59. The number of aromatic amines is 1. The minimum Gasteiger partial charge on any atom is -0.305 e. The highest BCUT2D eigenvalue weighted by atomic mass is 35.5. The van der Waals surface area contributed by atoms with Crippen molar-refractivity contribution in [1.82, 2.24) is 10.2 Å². The molecule has 25 heavy (non-hydrogen) atoms. The lowest BCUT2D eigenvalue weighted by Gasteiger charge is -2.18. The van der Waals surface area contributed by atoms with Crippen LogP contribution in [-0.4, -0.2) is 16.1 Å². The molecule has 0 aliphatic carbocycles. The van der Waals surface area contributed by atoms with Gasteiger partial charge < -0.3 is 5.32 Å². The van der Waals surface area contributed by atoms with E-state index in [4.69, 9.17) is 11.6 Å². The van der Waals surface area contributed by atoms with E-state index >= 15 is 0 Å². The average Bonchev–Trinajstić information content (AvgIpc) is 3.03. The van der Waals surface area contributed by atoms with Crippen molar-refractivity contribution in [3.8, 4) is 11.3 Å². The van der Waals surface area contributed by atoms with Crippen molar-refractivity contribution in [2.45, 2.75) is 26.2 Å². The lowest BCUT2D eigenvalue weighted by atomic mass is 9.86. The largest absolute Gasteiger partial charge is 0.305 e. The summed E-state index contributed by atoms with van der Waals surface area (Å²) in [5.41, 5.74) is 3.79. The molecule has 5 heteroatoms. The molecular weight excluding hydrogens is 334 g/mol. The van der Waals surface area contributed by atoms with Crippen LogP contribution in [0, 0.1) is 0 Å². The van der Waals surface area contributed by atoms with E-state index in [1.54, 1.807) is 24.3 Å². The van der Waals surface area contributed by atoms with Crippen LogP contribution in [0.15, 0.2) is 54.6 Å². The number of carbonyl (C=O) groups is 1. The molecule has 0 saturated heterocycles. The van der Waals surface area contributed by atoms with Gasteiger partial charge in [-0.25, -0.2) is 0 Å². The third-order valence-electron chi connectivity index (χ3n) is 3.99. The van der Waals surface area contributed by atoms with Crippen molar-refractivity contribution in [1.29, 1.82) is 0 Å². The fourth-order valence-corrected chi connectivity index (χ4v) is 2.60. The number of aromatic nitrogens is 2. The number of hydrogen-bond donors (Lipinski definition) is 2. The minimum atomic E-state index is -0.224. The predicted octanol–water partition coefficient (Wildman–Crippen LogP) is 5.28. The number of rotatable bonds is 3. The highest BCUT2D eigenvalue weighted by Crippen LogP contribution is 2.26. The van der Waals surface area contributed by atoms with E-state index in [1.165, 1.54) is 5.56 Å². The van der Waals surface area contributed by atoms with Crippen LogP contribution in [0.1, 0.15) is 36.7 Å². The summed E-state index contributed by atoms with van der Waals surface area (Å²) < 4.78 is 0. The highest BCUT2D eigenvalue weighted by molar-refractivity contribution is 6.30. The molecule has 3 rings (SSSR count). The molecule has 0 fully saturated rings. The van der Waals surface area contributed by atoms with Gasteiger partial charge in [0.15, 0.2) is 5.82 Å². The molecule has 2 N–H and O–H groups in total. The Morgan fingerprint density at radius 2 is 1.68 bits per heavy atom. The summed E-state index contributed by atoms with van der Waals surface area (Å²) in [7, 11) is 0. The monoisotopic (exact) mass is 353 g/mol. The Balaban J connectivity index is 1.74. The molecule has 0 spiro atoms. The number of H-pyrrole nitrogens is 1. The van der Waals surface area contributed by atoms with Crippen molar-refractivity contribution in [2.24, 2.45) is 0 Å². The Morgan fingerprint density at radius 1 is 1.04 bits per heavy atom. The molecule has 3 aromatic rings. The standard InChI is InChI=1S/C20H20ClN3O/c1-20(2,3)15-8-4-13(5-9-15)17-12-18(24-23-17)22-19(25)14-6-10-16(21)11-7-14/h4-12H,1-3H3,(H2,22,23,24,25). The fraction of sp³-hybridized carbons (Fsp3) is 0.200. The van der Waals surface area contributed by atoms with Crippen LogP contribution in [-0.2, 0) is 5.41 Å². The highest BCUT2D eigenvalue weighted by Gasteiger charge is 2.14. The number of nitrogens with one attached hydrogen (secondary N) is 2. The first-order chi connectivity index (χ1) is 11.8. The minimum absolute atomic E-state index is 0.115. The molecule has 0 unspecified atom stereocenters. The van der Waals surface area contributed by atoms with Crippen molar-refractivity contribution in [3.63, 3.8) is 0 Å². The Morgan fingerprint density at radius 3 is 2.28 bits per heavy atom. The lowest BCUT2D eigenvalue weighted by molar-refractivity contribution is 0.102. The quantitative estimate of drug-likeness (QED) is 0.673. The zero-order valence-corrected chi connectivity index (χ0v) is 15.2. The number of hydrogen-bond acceptors (Lipinski definition) is 2. The molecule has 0 bridgehead atoms. The van der Waals surface area contributed by atoms with Crippen molar-refractivity contribution < 1.29 is 4.79 Å². The molecule has 2 aromatic carbocycles. The van der Waals surface area contributed by atoms with Gasteiger partial charge in [-0.05, 0) is 40.8 Å². The van der Waals surface area contributed by atoms with Gasteiger partial charge in [-0.3, -0.25) is 9.89 Å². The van der Waals surface area contributed by atoms with Gasteiger partial charge in [-0.15, -0.1) is 0 Å². The SMILES string of the molecule is CC(C)(C)c1ccc(-c2cc(NC(=O)c3ccc(Cl)cc3)n[nH]2)cc1. The van der Waals surface area contributed by atoms with Gasteiger partial charge in [0.05, 0.1) is 5.69 Å². The van der Waals surface area contributed by atoms with E-state index in [2.05, 4.69) is 60.6 Å². The molecule has 0 atom stereocenters. The zero-order chi connectivity index (χ0) is 18.0. The fourth-order valence-electron chi connectivity index (χ4n) is 2.47. The van der Waals surface area contributed by atoms with Crippen LogP contribution >= 0.6 is 11.6 Å². The number of amides is 1. The normalized spacial score (nSPS) is 11.4. The molecule has 0 aliphatic heterocycles. The predicted molar refractivity (Wildman–Crippen MR) is 102 cm³/mol. The molecule has 0 radical (unpaired) electrons. The summed E-state index contributed by atoms with van der Waals surface area (Å²) in [6.45, 7) is 6.55. The molecule has 1 aromatic heterocycles. The zero-order valence-electron chi connectivity index (χ0n) is 14.4. The summed E-state index contributed by atoms with van der Waals surface area (Å²) in [5.74, 6) is 0.257. The van der Waals surface area contributed by atoms with Gasteiger partial charge in [0.2, 0.25) is 0 Å². The Kier molecular flexibility index (Phi) is 4.64. The maximum absolute atomic E-state index is 12.2. The summed E-state index contributed by atoms with van der Waals surface area (Å²) >= 11 is 5.84. The van der Waals surface area contributed by atoms with E-state index in [0.29, 0.717) is 16.4 Å². The van der Waals surface area contributed by atoms with Gasteiger partial charge in [-0.2, -0.15) is 5.10 Å². The van der Waals surface area contributed by atoms with Crippen LogP contribution in [0.5, 0.6) is 0 Å². The van der Waals surface area contributed by atoms with Crippen LogP contribution in [0.25, 0.3) is 11.3 Å². The van der Waals surface area contributed by atoms with Gasteiger partial charge in [0, 0.05) is 16.7 Å². The van der Waals surface area contributed by atoms with Crippen molar-refractivity contribution in [2.75, 3.05) is 5.32 Å². The summed E-state index contributed by atoms with van der Waals surface area (Å²) in [6, 6.07) is 16.9. The topological polar surface area (TPSA) is 57.8 Å². The molecule has 4 nitrogen and oxygen atoms in total. The Bertz CT molecular complexity index is 875. The number of halogens is 1. The van der Waals surface area contributed by atoms with Crippen molar-refractivity contribution in [3.05, 3.63) is 70.7 Å². The number of carbonyl (C=O) groups excluding carboxylic acids is 1. The second-order valence-electron chi connectivity index (χ2n) is 6.96. The first-order valence-corrected chi connectivity index (χ1v) is 8.44. The first kappa shape index (κ1) is 17.2. The second-order valence-corrected chi connectivity index (χ2v) is 7.39. The van der Waals surface area contributed by atoms with E-state index in [0.717, 1.165) is 11.3 Å². The smallest absolute Gasteiger partial charge is 0.256 e. The molecular formula is C20H20ClN3O. The summed E-state index contributed by atoms with van der Waals surface area (Å²) in [5, 5.41) is 10.5. The van der Waals surface area contributed by atoms with E-state index < -0.39 is 0 Å².